The molecule has 3 atom stereocenters. The van der Waals surface area contributed by atoms with E-state index in [0.29, 0.717) is 34.1 Å². The molecule has 0 aliphatic heterocycles. The standard InChI is InChI=1S/C24H27N3O2S/c1-15-6-5-9-20(16(15)2)25-22(28)14-17-10-12-18(13-11-17)27-23(29)19-7-3-4-8-21(19)26-24(27)30/h3-4,7-8,10-13,15-16,20H,5-6,9,14H2,1-2H3,(H,25,28)(H,26,30)/t15-,16-,20-/m1/s1. The van der Waals surface area contributed by atoms with E-state index in [0.717, 1.165) is 17.5 Å². The van der Waals surface area contributed by atoms with Gasteiger partial charge in [-0.1, -0.05) is 51.0 Å². The fraction of sp³-hybridized carbons (Fsp3) is 0.375. The number of H-pyrrole nitrogens is 1. The number of benzene rings is 2. The van der Waals surface area contributed by atoms with Crippen LogP contribution in [0.25, 0.3) is 16.6 Å². The molecular formula is C24H27N3O2S. The van der Waals surface area contributed by atoms with Gasteiger partial charge < -0.3 is 10.3 Å². The molecule has 156 valence electrons. The number of aromatic amines is 1. The first kappa shape index (κ1) is 20.5. The first-order valence-electron chi connectivity index (χ1n) is 10.6. The Hall–Kier alpha value is -2.73. The number of nitrogens with zero attached hydrogens (tertiary/aromatic N) is 1. The third-order valence-electron chi connectivity index (χ3n) is 6.42. The number of carbonyl (C=O) groups excluding carboxylic acids is 1. The van der Waals surface area contributed by atoms with E-state index in [1.165, 1.54) is 17.4 Å². The molecule has 4 rings (SSSR count). The van der Waals surface area contributed by atoms with Gasteiger partial charge in [-0.25, -0.2) is 0 Å². The van der Waals surface area contributed by atoms with E-state index < -0.39 is 0 Å². The Morgan fingerprint density at radius 2 is 1.87 bits per heavy atom. The summed E-state index contributed by atoms with van der Waals surface area (Å²) >= 11 is 5.41. The molecule has 1 aliphatic carbocycles. The van der Waals surface area contributed by atoms with Gasteiger partial charge in [0.05, 0.1) is 23.0 Å². The van der Waals surface area contributed by atoms with Crippen molar-refractivity contribution in [3.05, 3.63) is 69.2 Å². The monoisotopic (exact) mass is 421 g/mol. The van der Waals surface area contributed by atoms with Gasteiger partial charge in [0.2, 0.25) is 5.91 Å². The number of hydrogen-bond acceptors (Lipinski definition) is 3. The lowest BCUT2D eigenvalue weighted by atomic mass is 9.78. The van der Waals surface area contributed by atoms with Gasteiger partial charge in [0, 0.05) is 6.04 Å². The Balaban J connectivity index is 1.51. The number of carbonyl (C=O) groups is 1. The van der Waals surface area contributed by atoms with Crippen LogP contribution in [-0.2, 0) is 11.2 Å². The third-order valence-corrected chi connectivity index (χ3v) is 6.70. The maximum atomic E-state index is 12.9. The van der Waals surface area contributed by atoms with E-state index in [1.807, 2.05) is 42.5 Å². The molecule has 30 heavy (non-hydrogen) atoms. The number of para-hydroxylation sites is 1. The second-order valence-corrected chi connectivity index (χ2v) is 8.79. The lowest BCUT2D eigenvalue weighted by Gasteiger charge is -2.34. The molecule has 2 N–H and O–H groups in total. The van der Waals surface area contributed by atoms with Crippen LogP contribution in [0, 0.1) is 16.6 Å². The van der Waals surface area contributed by atoms with Crippen molar-refractivity contribution in [2.75, 3.05) is 0 Å². The van der Waals surface area contributed by atoms with Crippen molar-refractivity contribution in [3.63, 3.8) is 0 Å². The highest BCUT2D eigenvalue weighted by Gasteiger charge is 2.28. The van der Waals surface area contributed by atoms with Crippen LogP contribution in [-0.4, -0.2) is 21.5 Å². The predicted octanol–water partition coefficient (Wildman–Crippen LogP) is 4.53. The van der Waals surface area contributed by atoms with Crippen molar-refractivity contribution < 1.29 is 4.79 Å². The van der Waals surface area contributed by atoms with Crippen molar-refractivity contribution in [2.24, 2.45) is 11.8 Å². The maximum Gasteiger partial charge on any atom is 0.266 e. The second kappa shape index (κ2) is 8.56. The second-order valence-electron chi connectivity index (χ2n) is 8.40. The Morgan fingerprint density at radius 1 is 1.13 bits per heavy atom. The molecule has 1 heterocycles. The molecule has 1 amide bonds. The van der Waals surface area contributed by atoms with Gasteiger partial charge in [-0.2, -0.15) is 0 Å². The van der Waals surface area contributed by atoms with Crippen molar-refractivity contribution in [2.45, 2.75) is 45.6 Å². The minimum Gasteiger partial charge on any atom is -0.353 e. The van der Waals surface area contributed by atoms with Crippen LogP contribution in [0.1, 0.15) is 38.7 Å². The van der Waals surface area contributed by atoms with Gasteiger partial charge in [-0.3, -0.25) is 14.2 Å². The van der Waals surface area contributed by atoms with Crippen LogP contribution < -0.4 is 10.9 Å². The first-order chi connectivity index (χ1) is 14.4. The Morgan fingerprint density at radius 3 is 2.63 bits per heavy atom. The molecule has 1 aromatic heterocycles. The molecule has 1 fully saturated rings. The summed E-state index contributed by atoms with van der Waals surface area (Å²) in [6.45, 7) is 4.50. The molecule has 0 radical (unpaired) electrons. The lowest BCUT2D eigenvalue weighted by Crippen LogP contribution is -2.44. The first-order valence-corrected chi connectivity index (χ1v) is 11.0. The van der Waals surface area contributed by atoms with Gasteiger partial charge in [-0.15, -0.1) is 0 Å². The fourth-order valence-corrected chi connectivity index (χ4v) is 4.69. The summed E-state index contributed by atoms with van der Waals surface area (Å²) in [6.07, 6.45) is 3.80. The number of rotatable bonds is 4. The molecular weight excluding hydrogens is 394 g/mol. The van der Waals surface area contributed by atoms with E-state index in [9.17, 15) is 9.59 Å². The van der Waals surface area contributed by atoms with Crippen LogP contribution in [0.5, 0.6) is 0 Å². The van der Waals surface area contributed by atoms with Gasteiger partial charge in [-0.05, 0) is 60.3 Å². The molecule has 1 saturated carbocycles. The number of hydrogen-bond donors (Lipinski definition) is 2. The van der Waals surface area contributed by atoms with Crippen LogP contribution in [0.4, 0.5) is 0 Å². The zero-order chi connectivity index (χ0) is 21.3. The highest BCUT2D eigenvalue weighted by Crippen LogP contribution is 2.29. The third kappa shape index (κ3) is 4.10. The molecule has 1 aliphatic rings. The number of nitrogens with one attached hydrogen (secondary N) is 2. The molecule has 3 aromatic rings. The van der Waals surface area contributed by atoms with E-state index in [1.54, 1.807) is 6.07 Å². The zero-order valence-corrected chi connectivity index (χ0v) is 18.2. The van der Waals surface area contributed by atoms with E-state index in [-0.39, 0.29) is 17.5 Å². The summed E-state index contributed by atoms with van der Waals surface area (Å²) in [5, 5.41) is 3.80. The summed E-state index contributed by atoms with van der Waals surface area (Å²) in [7, 11) is 0. The molecule has 0 saturated heterocycles. The number of aromatic nitrogens is 2. The SMILES string of the molecule is C[C@@H]1[C@H](C)CCC[C@H]1NC(=O)Cc1ccc(-n2c(=S)[nH]c3ccccc3c2=O)cc1. The molecule has 0 spiro atoms. The van der Waals surface area contributed by atoms with Crippen LogP contribution in [0.15, 0.2) is 53.3 Å². The van der Waals surface area contributed by atoms with Crippen molar-refractivity contribution in [1.82, 2.24) is 14.9 Å². The lowest BCUT2D eigenvalue weighted by molar-refractivity contribution is -0.121. The van der Waals surface area contributed by atoms with Crippen LogP contribution in [0.2, 0.25) is 0 Å². The summed E-state index contributed by atoms with van der Waals surface area (Å²) in [5.74, 6) is 1.20. The van der Waals surface area contributed by atoms with Gasteiger partial charge in [0.15, 0.2) is 4.77 Å². The smallest absolute Gasteiger partial charge is 0.266 e. The summed E-state index contributed by atoms with van der Waals surface area (Å²) in [4.78, 5) is 28.6. The quantitative estimate of drug-likeness (QED) is 0.608. The van der Waals surface area contributed by atoms with E-state index in [2.05, 4.69) is 24.1 Å². The van der Waals surface area contributed by atoms with Crippen molar-refractivity contribution in [1.29, 1.82) is 0 Å². The minimum absolute atomic E-state index is 0.0499. The predicted molar refractivity (Wildman–Crippen MR) is 123 cm³/mol. The molecule has 5 nitrogen and oxygen atoms in total. The van der Waals surface area contributed by atoms with Gasteiger partial charge in [0.25, 0.3) is 5.56 Å². The normalized spacial score (nSPS) is 21.5. The van der Waals surface area contributed by atoms with E-state index in [4.69, 9.17) is 12.2 Å². The Labute approximate surface area is 181 Å². The van der Waals surface area contributed by atoms with Crippen LogP contribution in [0.3, 0.4) is 0 Å². The Bertz CT molecular complexity index is 1180. The number of amides is 1. The van der Waals surface area contributed by atoms with Crippen molar-refractivity contribution >= 4 is 29.0 Å². The fourth-order valence-electron chi connectivity index (χ4n) is 4.39. The highest BCUT2D eigenvalue weighted by atomic mass is 32.1. The van der Waals surface area contributed by atoms with Crippen LogP contribution >= 0.6 is 12.2 Å². The highest BCUT2D eigenvalue weighted by molar-refractivity contribution is 7.71. The minimum atomic E-state index is -0.153. The number of fused-ring (bicyclic) bond motifs is 1. The zero-order valence-electron chi connectivity index (χ0n) is 17.4. The summed E-state index contributed by atoms with van der Waals surface area (Å²) < 4.78 is 1.84. The van der Waals surface area contributed by atoms with Gasteiger partial charge >= 0.3 is 0 Å². The van der Waals surface area contributed by atoms with E-state index >= 15 is 0 Å². The Kier molecular flexibility index (Phi) is 5.86. The molecule has 0 bridgehead atoms. The molecule has 6 heteroatoms. The average Bonchev–Trinajstić information content (AvgIpc) is 2.73. The largest absolute Gasteiger partial charge is 0.353 e. The van der Waals surface area contributed by atoms with Gasteiger partial charge in [0.1, 0.15) is 0 Å². The maximum absolute atomic E-state index is 12.9. The van der Waals surface area contributed by atoms with Crippen molar-refractivity contribution in [3.8, 4) is 5.69 Å². The molecule has 2 aromatic carbocycles. The summed E-state index contributed by atoms with van der Waals surface area (Å²) in [6, 6.07) is 15.0. The average molecular weight is 422 g/mol. The topological polar surface area (TPSA) is 66.9 Å². The summed E-state index contributed by atoms with van der Waals surface area (Å²) in [5.41, 5.74) is 2.17. The molecule has 0 unspecified atom stereocenters.